The second kappa shape index (κ2) is 7.55. The van der Waals surface area contributed by atoms with Gasteiger partial charge in [0.1, 0.15) is 23.4 Å². The van der Waals surface area contributed by atoms with Crippen LogP contribution in [0.2, 0.25) is 0 Å². The van der Waals surface area contributed by atoms with Crippen molar-refractivity contribution in [2.24, 2.45) is 7.05 Å². The highest BCUT2D eigenvalue weighted by Crippen LogP contribution is 2.32. The first-order chi connectivity index (χ1) is 14.0. The Morgan fingerprint density at radius 3 is 2.48 bits per heavy atom. The Balaban J connectivity index is 1.82. The molecule has 4 aromatic rings. The van der Waals surface area contributed by atoms with Crippen LogP contribution in [0.25, 0.3) is 4.96 Å². The molecular formula is C19H20N6O3S. The van der Waals surface area contributed by atoms with Crippen molar-refractivity contribution in [3.05, 3.63) is 64.1 Å². The predicted molar refractivity (Wildman–Crippen MR) is 110 cm³/mol. The van der Waals surface area contributed by atoms with Crippen LogP contribution in [0, 0.1) is 6.92 Å². The Morgan fingerprint density at radius 2 is 1.86 bits per heavy atom. The summed E-state index contributed by atoms with van der Waals surface area (Å²) in [7, 11) is 5.13. The van der Waals surface area contributed by atoms with Crippen LogP contribution in [0.15, 0.2) is 41.5 Å². The number of ether oxygens (including phenoxy) is 2. The van der Waals surface area contributed by atoms with Gasteiger partial charge in [0.2, 0.25) is 10.1 Å². The molecular weight excluding hydrogens is 392 g/mol. The zero-order valence-electron chi connectivity index (χ0n) is 16.4. The zero-order valence-corrected chi connectivity index (χ0v) is 17.2. The fourth-order valence-corrected chi connectivity index (χ4v) is 3.93. The fourth-order valence-electron chi connectivity index (χ4n) is 3.05. The van der Waals surface area contributed by atoms with Crippen molar-refractivity contribution in [2.75, 3.05) is 19.5 Å². The summed E-state index contributed by atoms with van der Waals surface area (Å²) in [4.78, 5) is 21.6. The number of hydrogen-bond acceptors (Lipinski definition) is 8. The summed E-state index contributed by atoms with van der Waals surface area (Å²) in [5.74, 6) is 2.10. The average Bonchev–Trinajstić information content (AvgIpc) is 3.31. The summed E-state index contributed by atoms with van der Waals surface area (Å²) in [6.07, 6.45) is 3.60. The number of aryl methyl sites for hydroxylation is 2. The number of hydrogen-bond donors (Lipinski definition) is 1. The number of rotatable bonds is 6. The van der Waals surface area contributed by atoms with Crippen molar-refractivity contribution in [3.63, 3.8) is 0 Å². The fraction of sp³-hybridized carbons (Fsp3) is 0.263. The molecule has 0 unspecified atom stereocenters. The van der Waals surface area contributed by atoms with Gasteiger partial charge in [-0.15, -0.1) is 5.10 Å². The van der Waals surface area contributed by atoms with Crippen molar-refractivity contribution in [3.8, 4) is 11.5 Å². The topological polar surface area (TPSA) is 95.6 Å². The molecule has 0 aliphatic carbocycles. The highest BCUT2D eigenvalue weighted by molar-refractivity contribution is 7.20. The van der Waals surface area contributed by atoms with Crippen LogP contribution < -0.4 is 20.3 Å². The van der Waals surface area contributed by atoms with Gasteiger partial charge in [-0.25, -0.2) is 9.97 Å². The molecule has 29 heavy (non-hydrogen) atoms. The van der Waals surface area contributed by atoms with Gasteiger partial charge in [-0.2, -0.15) is 4.52 Å². The average molecular weight is 412 g/mol. The van der Waals surface area contributed by atoms with E-state index in [1.165, 1.54) is 21.9 Å². The molecule has 0 saturated carbocycles. The SMILES string of the molecule is COc1cc(OC)cc([C@@H](Nc2nn3c(=O)cc(C)nc3s2)c2nccn2C)c1. The molecule has 0 spiro atoms. The van der Waals surface area contributed by atoms with Crippen LogP contribution in [-0.4, -0.2) is 38.4 Å². The van der Waals surface area contributed by atoms with Gasteiger partial charge in [-0.05, 0) is 24.6 Å². The lowest BCUT2D eigenvalue weighted by Crippen LogP contribution is -2.18. The third-order valence-corrected chi connectivity index (χ3v) is 5.30. The number of nitrogens with one attached hydrogen (secondary N) is 1. The number of fused-ring (bicyclic) bond motifs is 1. The van der Waals surface area contributed by atoms with Gasteiger partial charge < -0.3 is 19.4 Å². The van der Waals surface area contributed by atoms with Gasteiger partial charge in [-0.3, -0.25) is 4.79 Å². The van der Waals surface area contributed by atoms with E-state index in [9.17, 15) is 4.79 Å². The minimum Gasteiger partial charge on any atom is -0.497 e. The number of imidazole rings is 1. The second-order valence-electron chi connectivity index (χ2n) is 6.46. The largest absolute Gasteiger partial charge is 0.497 e. The number of anilines is 1. The van der Waals surface area contributed by atoms with E-state index in [0.29, 0.717) is 27.3 Å². The normalized spacial score (nSPS) is 12.1. The first-order valence-corrected chi connectivity index (χ1v) is 9.64. The third-order valence-electron chi connectivity index (χ3n) is 4.46. The van der Waals surface area contributed by atoms with Gasteiger partial charge in [0, 0.05) is 37.3 Å². The molecule has 1 atom stereocenters. The minimum absolute atomic E-state index is 0.214. The molecule has 1 aromatic carbocycles. The molecule has 9 nitrogen and oxygen atoms in total. The van der Waals surface area contributed by atoms with Crippen molar-refractivity contribution in [1.29, 1.82) is 0 Å². The molecule has 0 bridgehead atoms. The number of aromatic nitrogens is 5. The summed E-state index contributed by atoms with van der Waals surface area (Å²) < 4.78 is 14.1. The lowest BCUT2D eigenvalue weighted by Gasteiger charge is -2.19. The van der Waals surface area contributed by atoms with E-state index < -0.39 is 0 Å². The number of nitrogens with zero attached hydrogens (tertiary/aromatic N) is 5. The minimum atomic E-state index is -0.351. The number of methoxy groups -OCH3 is 2. The summed E-state index contributed by atoms with van der Waals surface area (Å²) in [5, 5.41) is 8.33. The Hall–Kier alpha value is -3.40. The lowest BCUT2D eigenvalue weighted by molar-refractivity contribution is 0.393. The zero-order chi connectivity index (χ0) is 20.5. The van der Waals surface area contributed by atoms with E-state index in [1.807, 2.05) is 36.0 Å². The first-order valence-electron chi connectivity index (χ1n) is 8.82. The Kier molecular flexibility index (Phi) is 4.93. The van der Waals surface area contributed by atoms with Crippen LogP contribution in [0.5, 0.6) is 11.5 Å². The summed E-state index contributed by atoms with van der Waals surface area (Å²) in [6, 6.07) is 6.74. The van der Waals surface area contributed by atoms with Crippen LogP contribution in [0.1, 0.15) is 23.1 Å². The molecule has 0 aliphatic rings. The van der Waals surface area contributed by atoms with Crippen LogP contribution in [0.3, 0.4) is 0 Å². The van der Waals surface area contributed by atoms with Crippen molar-refractivity contribution in [1.82, 2.24) is 24.1 Å². The first kappa shape index (κ1) is 18.9. The molecule has 1 N–H and O–H groups in total. The molecule has 0 saturated heterocycles. The van der Waals surface area contributed by atoms with Crippen LogP contribution >= 0.6 is 11.3 Å². The van der Waals surface area contributed by atoms with Gasteiger partial charge >= 0.3 is 0 Å². The highest BCUT2D eigenvalue weighted by atomic mass is 32.1. The maximum atomic E-state index is 12.2. The highest BCUT2D eigenvalue weighted by Gasteiger charge is 2.22. The van der Waals surface area contributed by atoms with Gasteiger partial charge in [0.15, 0.2) is 0 Å². The quantitative estimate of drug-likeness (QED) is 0.520. The molecule has 0 aliphatic heterocycles. The molecule has 150 valence electrons. The molecule has 4 rings (SSSR count). The summed E-state index contributed by atoms with van der Waals surface area (Å²) in [5.41, 5.74) is 1.32. The molecule has 10 heteroatoms. The lowest BCUT2D eigenvalue weighted by atomic mass is 10.1. The van der Waals surface area contributed by atoms with Crippen LogP contribution in [-0.2, 0) is 7.05 Å². The van der Waals surface area contributed by atoms with Gasteiger partial charge in [0.05, 0.1) is 14.2 Å². The number of benzene rings is 1. The summed E-state index contributed by atoms with van der Waals surface area (Å²) >= 11 is 1.30. The van der Waals surface area contributed by atoms with Crippen molar-refractivity contribution in [2.45, 2.75) is 13.0 Å². The van der Waals surface area contributed by atoms with E-state index in [-0.39, 0.29) is 11.6 Å². The third kappa shape index (κ3) is 3.66. The Bertz CT molecular complexity index is 1210. The molecule has 0 fully saturated rings. The molecule has 0 amide bonds. The van der Waals surface area contributed by atoms with Gasteiger partial charge in [0.25, 0.3) is 5.56 Å². The van der Waals surface area contributed by atoms with Gasteiger partial charge in [-0.1, -0.05) is 11.3 Å². The predicted octanol–water partition coefficient (Wildman–Crippen LogP) is 2.41. The maximum Gasteiger partial charge on any atom is 0.275 e. The molecule has 3 heterocycles. The van der Waals surface area contributed by atoms with E-state index in [0.717, 1.165) is 11.4 Å². The van der Waals surface area contributed by atoms with Crippen molar-refractivity contribution >= 4 is 21.4 Å². The Morgan fingerprint density at radius 1 is 1.14 bits per heavy atom. The Labute approximate surface area is 170 Å². The summed E-state index contributed by atoms with van der Waals surface area (Å²) in [6.45, 7) is 1.79. The molecule has 3 aromatic heterocycles. The van der Waals surface area contributed by atoms with E-state index >= 15 is 0 Å². The maximum absolute atomic E-state index is 12.2. The standard InChI is InChI=1S/C19H20N6O3S/c1-11-7-15(26)25-19(21-11)29-18(23-25)22-16(17-20-5-6-24(17)2)12-8-13(27-3)10-14(9-12)28-4/h5-10,16H,1-4H3,(H,22,23)/t16-/m1/s1. The van der Waals surface area contributed by atoms with E-state index in [4.69, 9.17) is 9.47 Å². The van der Waals surface area contributed by atoms with Crippen molar-refractivity contribution < 1.29 is 9.47 Å². The smallest absolute Gasteiger partial charge is 0.275 e. The van der Waals surface area contributed by atoms with Crippen LogP contribution in [0.4, 0.5) is 5.13 Å². The second-order valence-corrected chi connectivity index (χ2v) is 7.41. The monoisotopic (exact) mass is 412 g/mol. The molecule has 0 radical (unpaired) electrons. The van der Waals surface area contributed by atoms with E-state index in [1.54, 1.807) is 27.3 Å². The van der Waals surface area contributed by atoms with E-state index in [2.05, 4.69) is 20.4 Å².